The van der Waals surface area contributed by atoms with Crippen molar-refractivity contribution in [1.82, 2.24) is 0 Å². The van der Waals surface area contributed by atoms with Crippen LogP contribution in [-0.2, 0) is 17.3 Å². The van der Waals surface area contributed by atoms with Crippen molar-refractivity contribution >= 4 is 5.97 Å². The van der Waals surface area contributed by atoms with Gasteiger partial charge in [0.25, 0.3) is 0 Å². The van der Waals surface area contributed by atoms with Crippen molar-refractivity contribution in [2.45, 2.75) is 96.3 Å². The van der Waals surface area contributed by atoms with Crippen molar-refractivity contribution in [1.29, 1.82) is 0 Å². The van der Waals surface area contributed by atoms with E-state index in [1.54, 1.807) is 0 Å². The highest BCUT2D eigenvalue weighted by molar-refractivity contribution is 5.91. The molecule has 2 aliphatic carbocycles. The summed E-state index contributed by atoms with van der Waals surface area (Å²) in [5.74, 6) is -3.95. The number of esters is 1. The van der Waals surface area contributed by atoms with E-state index < -0.39 is 46.5 Å². The average molecular weight is 611 g/mol. The van der Waals surface area contributed by atoms with Crippen LogP contribution in [0.15, 0.2) is 42.5 Å². The highest BCUT2D eigenvalue weighted by Crippen LogP contribution is 2.41. The van der Waals surface area contributed by atoms with Crippen LogP contribution in [0.3, 0.4) is 0 Å². The first-order valence-electron chi connectivity index (χ1n) is 15.4. The molecule has 0 bridgehead atoms. The lowest BCUT2D eigenvalue weighted by atomic mass is 9.70. The van der Waals surface area contributed by atoms with E-state index in [0.717, 1.165) is 49.8 Å². The van der Waals surface area contributed by atoms with Gasteiger partial charge < -0.3 is 9.47 Å². The molecule has 2 aliphatic rings. The molecule has 2 aromatic rings. The Hall–Kier alpha value is -2.81. The zero-order chi connectivity index (χ0) is 31.0. The van der Waals surface area contributed by atoms with E-state index in [2.05, 4.69) is 13.0 Å². The summed E-state index contributed by atoms with van der Waals surface area (Å²) in [6, 6.07) is 3.52. The molecule has 0 aliphatic heterocycles. The normalized spacial score (nSPS) is 23.0. The fraction of sp³-hybridized carbons (Fsp3) is 0.559. The standard InChI is InChI=1S/C34H40F6O3/c1-2-3-18-42-26-14-12-25(13-15-26)24-10-8-22(9-11-24)6-4-5-7-23-19-30(36)32(31(37)20-23)33(41)43-27-16-17-28(29(35)21-27)34(38,39)40/h4,6,16-17,19-22,24-26H,2-3,5,7-15,18H2,1H3/b6-4+. The lowest BCUT2D eigenvalue weighted by molar-refractivity contribution is -0.140. The Morgan fingerprint density at radius 3 is 2.09 bits per heavy atom. The summed E-state index contributed by atoms with van der Waals surface area (Å²) < 4.78 is 92.0. The molecule has 0 saturated heterocycles. The van der Waals surface area contributed by atoms with Crippen molar-refractivity contribution in [2.75, 3.05) is 6.61 Å². The molecular formula is C34H40F6O3. The Bertz CT molecular complexity index is 1220. The number of carbonyl (C=O) groups excluding carboxylic acids is 1. The van der Waals surface area contributed by atoms with Crippen molar-refractivity contribution in [3.8, 4) is 5.75 Å². The highest BCUT2D eigenvalue weighted by atomic mass is 19.4. The molecule has 0 unspecified atom stereocenters. The summed E-state index contributed by atoms with van der Waals surface area (Å²) in [4.78, 5) is 12.3. The molecule has 0 amide bonds. The molecule has 0 N–H and O–H groups in total. The first-order valence-corrected chi connectivity index (χ1v) is 15.4. The van der Waals surface area contributed by atoms with Gasteiger partial charge in [0, 0.05) is 12.7 Å². The minimum Gasteiger partial charge on any atom is -0.423 e. The van der Waals surface area contributed by atoms with Gasteiger partial charge in [0.05, 0.1) is 11.7 Å². The summed E-state index contributed by atoms with van der Waals surface area (Å²) in [5.41, 5.74) is -2.18. The van der Waals surface area contributed by atoms with Gasteiger partial charge in [-0.15, -0.1) is 0 Å². The first kappa shape index (κ1) is 33.1. The fourth-order valence-corrected chi connectivity index (χ4v) is 6.38. The monoisotopic (exact) mass is 610 g/mol. The van der Waals surface area contributed by atoms with E-state index in [9.17, 15) is 31.1 Å². The summed E-state index contributed by atoms with van der Waals surface area (Å²) in [6.45, 7) is 3.06. The Kier molecular flexibility index (Phi) is 11.7. The number of hydrogen-bond acceptors (Lipinski definition) is 3. The number of benzene rings is 2. The summed E-state index contributed by atoms with van der Waals surface area (Å²) in [7, 11) is 0. The smallest absolute Gasteiger partial charge is 0.419 e. The van der Waals surface area contributed by atoms with E-state index in [4.69, 9.17) is 9.47 Å². The van der Waals surface area contributed by atoms with Crippen LogP contribution in [0.2, 0.25) is 0 Å². The molecule has 2 saturated carbocycles. The third kappa shape index (κ3) is 9.34. The Morgan fingerprint density at radius 2 is 1.51 bits per heavy atom. The Balaban J connectivity index is 1.21. The van der Waals surface area contributed by atoms with Crippen LogP contribution in [0.1, 0.15) is 99.0 Å². The molecular weight excluding hydrogens is 570 g/mol. The zero-order valence-electron chi connectivity index (χ0n) is 24.5. The average Bonchev–Trinajstić information content (AvgIpc) is 2.95. The molecule has 4 rings (SSSR count). The maximum Gasteiger partial charge on any atom is 0.419 e. The quantitative estimate of drug-likeness (QED) is 0.0835. The van der Waals surface area contributed by atoms with Gasteiger partial charge in [-0.25, -0.2) is 18.0 Å². The number of allylic oxidation sites excluding steroid dienone is 2. The van der Waals surface area contributed by atoms with Gasteiger partial charge in [-0.3, -0.25) is 0 Å². The Morgan fingerprint density at radius 1 is 0.884 bits per heavy atom. The number of alkyl halides is 3. The predicted molar refractivity (Wildman–Crippen MR) is 152 cm³/mol. The third-order valence-corrected chi connectivity index (χ3v) is 8.82. The van der Waals surface area contributed by atoms with Gasteiger partial charge in [-0.2, -0.15) is 13.2 Å². The van der Waals surface area contributed by atoms with Crippen LogP contribution in [0.4, 0.5) is 26.3 Å². The zero-order valence-corrected chi connectivity index (χ0v) is 24.5. The molecule has 0 heterocycles. The van der Waals surface area contributed by atoms with Crippen molar-refractivity contribution in [2.24, 2.45) is 17.8 Å². The number of ether oxygens (including phenoxy) is 2. The van der Waals surface area contributed by atoms with Gasteiger partial charge >= 0.3 is 12.1 Å². The minimum atomic E-state index is -4.93. The highest BCUT2D eigenvalue weighted by Gasteiger charge is 2.34. The number of halogens is 6. The minimum absolute atomic E-state index is 0.347. The van der Waals surface area contributed by atoms with Crippen LogP contribution in [-0.4, -0.2) is 18.7 Å². The van der Waals surface area contributed by atoms with Crippen LogP contribution in [0.5, 0.6) is 5.75 Å². The second-order valence-corrected chi connectivity index (χ2v) is 11.9. The second-order valence-electron chi connectivity index (χ2n) is 11.9. The molecule has 0 atom stereocenters. The van der Waals surface area contributed by atoms with Crippen LogP contribution >= 0.6 is 0 Å². The van der Waals surface area contributed by atoms with Gasteiger partial charge in [0.2, 0.25) is 0 Å². The molecule has 236 valence electrons. The van der Waals surface area contributed by atoms with E-state index in [1.807, 2.05) is 6.08 Å². The van der Waals surface area contributed by atoms with E-state index in [1.165, 1.54) is 44.9 Å². The number of carbonyl (C=O) groups is 1. The number of unbranched alkanes of at least 4 members (excludes halogenated alkanes) is 1. The van der Waals surface area contributed by atoms with Gasteiger partial charge in [-0.1, -0.05) is 25.5 Å². The lowest BCUT2D eigenvalue weighted by Gasteiger charge is -2.37. The number of aryl methyl sites for hydroxylation is 1. The number of hydrogen-bond donors (Lipinski definition) is 0. The van der Waals surface area contributed by atoms with Crippen LogP contribution < -0.4 is 4.74 Å². The van der Waals surface area contributed by atoms with Crippen LogP contribution in [0.25, 0.3) is 0 Å². The fourth-order valence-electron chi connectivity index (χ4n) is 6.38. The second kappa shape index (κ2) is 15.3. The molecule has 2 fully saturated rings. The molecule has 43 heavy (non-hydrogen) atoms. The SMILES string of the molecule is CCCCOC1CCC(C2CCC(/C=C/CCc3cc(F)c(C(=O)Oc4ccc(C(F)(F)F)c(F)c4)c(F)c3)CC2)CC1. The molecule has 3 nitrogen and oxygen atoms in total. The molecule has 0 aromatic heterocycles. The summed E-state index contributed by atoms with van der Waals surface area (Å²) >= 11 is 0. The molecule has 2 aromatic carbocycles. The van der Waals surface area contributed by atoms with Crippen LogP contribution in [0, 0.1) is 35.2 Å². The van der Waals surface area contributed by atoms with Gasteiger partial charge in [0.15, 0.2) is 0 Å². The third-order valence-electron chi connectivity index (χ3n) is 8.82. The lowest BCUT2D eigenvalue weighted by Crippen LogP contribution is -2.28. The van der Waals surface area contributed by atoms with Crippen molar-refractivity contribution in [3.63, 3.8) is 0 Å². The van der Waals surface area contributed by atoms with Crippen molar-refractivity contribution in [3.05, 3.63) is 76.6 Å². The molecule has 0 radical (unpaired) electrons. The predicted octanol–water partition coefficient (Wildman–Crippen LogP) is 10.0. The first-order chi connectivity index (χ1) is 20.5. The van der Waals surface area contributed by atoms with E-state index >= 15 is 0 Å². The van der Waals surface area contributed by atoms with E-state index in [-0.39, 0.29) is 0 Å². The van der Waals surface area contributed by atoms with Gasteiger partial charge in [-0.05, 0) is 118 Å². The largest absolute Gasteiger partial charge is 0.423 e. The molecule has 9 heteroatoms. The van der Waals surface area contributed by atoms with Gasteiger partial charge in [0.1, 0.15) is 28.8 Å². The maximum atomic E-state index is 14.7. The number of rotatable bonds is 11. The van der Waals surface area contributed by atoms with E-state index in [0.29, 0.717) is 48.6 Å². The maximum absolute atomic E-state index is 14.7. The Labute approximate surface area is 249 Å². The summed E-state index contributed by atoms with van der Waals surface area (Å²) in [5, 5.41) is 0. The molecule has 0 spiro atoms. The summed E-state index contributed by atoms with van der Waals surface area (Å²) in [6.07, 6.45) is 12.6. The topological polar surface area (TPSA) is 35.5 Å². The van der Waals surface area contributed by atoms with Crippen molar-refractivity contribution < 1.29 is 40.6 Å².